The number of hydrogen-bond acceptors (Lipinski definition) is 4. The summed E-state index contributed by atoms with van der Waals surface area (Å²) in [6.07, 6.45) is 8.47. The molecule has 0 aliphatic carbocycles. The van der Waals surface area contributed by atoms with E-state index in [0.29, 0.717) is 18.8 Å². The number of benzene rings is 2. The summed E-state index contributed by atoms with van der Waals surface area (Å²) in [5, 5.41) is 10.8. The molecular formula is C23H24N6O. The van der Waals surface area contributed by atoms with E-state index in [1.807, 2.05) is 40.9 Å². The van der Waals surface area contributed by atoms with Crippen molar-refractivity contribution in [3.8, 4) is 0 Å². The summed E-state index contributed by atoms with van der Waals surface area (Å²) in [5.41, 5.74) is 1.54. The minimum absolute atomic E-state index is 0.0190. The Bertz CT molecular complexity index is 1190. The largest absolute Gasteiger partial charge is 0.336 e. The summed E-state index contributed by atoms with van der Waals surface area (Å²) in [7, 11) is 1.97. The Morgan fingerprint density at radius 2 is 2.00 bits per heavy atom. The van der Waals surface area contributed by atoms with E-state index in [2.05, 4.69) is 39.6 Å². The average Bonchev–Trinajstić information content (AvgIpc) is 3.42. The van der Waals surface area contributed by atoms with Gasteiger partial charge in [-0.1, -0.05) is 47.7 Å². The molecule has 1 aliphatic heterocycles. The number of fused-ring (bicyclic) bond motifs is 1. The summed E-state index contributed by atoms with van der Waals surface area (Å²) >= 11 is 0. The van der Waals surface area contributed by atoms with Crippen molar-refractivity contribution in [2.45, 2.75) is 31.8 Å². The Morgan fingerprint density at radius 3 is 2.87 bits per heavy atom. The molecule has 30 heavy (non-hydrogen) atoms. The number of hydrogen-bond donors (Lipinski definition) is 0. The normalized spacial score (nSPS) is 16.8. The van der Waals surface area contributed by atoms with Crippen molar-refractivity contribution in [1.29, 1.82) is 0 Å². The van der Waals surface area contributed by atoms with Crippen LogP contribution in [-0.2, 0) is 13.6 Å². The second-order valence-electron chi connectivity index (χ2n) is 7.85. The molecule has 2 aromatic heterocycles. The number of piperidine rings is 1. The summed E-state index contributed by atoms with van der Waals surface area (Å²) in [5.74, 6) is 0.845. The van der Waals surface area contributed by atoms with Crippen LogP contribution in [-0.4, -0.2) is 41.9 Å². The zero-order valence-electron chi connectivity index (χ0n) is 17.0. The lowest BCUT2D eigenvalue weighted by atomic mass is 10.0. The van der Waals surface area contributed by atoms with Crippen LogP contribution >= 0.6 is 0 Å². The van der Waals surface area contributed by atoms with Crippen LogP contribution in [0.5, 0.6) is 0 Å². The molecular weight excluding hydrogens is 376 g/mol. The molecule has 1 saturated heterocycles. The van der Waals surface area contributed by atoms with Gasteiger partial charge in [-0.15, -0.1) is 5.10 Å². The molecule has 1 aliphatic rings. The Labute approximate surface area is 174 Å². The Balaban J connectivity index is 1.39. The Kier molecular flexibility index (Phi) is 4.78. The molecule has 152 valence electrons. The fourth-order valence-corrected chi connectivity index (χ4v) is 4.37. The minimum atomic E-state index is -0.0770. The number of aryl methyl sites for hydroxylation is 1. The predicted molar refractivity (Wildman–Crippen MR) is 114 cm³/mol. The van der Waals surface area contributed by atoms with Gasteiger partial charge in [-0.2, -0.15) is 0 Å². The fourth-order valence-electron chi connectivity index (χ4n) is 4.37. The molecule has 0 spiro atoms. The van der Waals surface area contributed by atoms with Crippen LogP contribution in [0.3, 0.4) is 0 Å². The number of nitrogens with zero attached hydrogens (tertiary/aromatic N) is 6. The van der Waals surface area contributed by atoms with Gasteiger partial charge in [0.25, 0.3) is 5.91 Å². The van der Waals surface area contributed by atoms with Gasteiger partial charge in [0.05, 0.1) is 18.8 Å². The molecule has 0 bridgehead atoms. The predicted octanol–water partition coefficient (Wildman–Crippen LogP) is 3.58. The van der Waals surface area contributed by atoms with Gasteiger partial charge in [0, 0.05) is 26.0 Å². The van der Waals surface area contributed by atoms with Gasteiger partial charge in [-0.3, -0.25) is 4.79 Å². The molecule has 3 heterocycles. The fraction of sp³-hybridized carbons (Fsp3) is 0.304. The standard InChI is InChI=1S/C23H24N6O/c1-27-14-12-24-22(27)21-11-4-5-13-29(21)23(30)20-16-28(26-25-20)15-18-9-6-8-17-7-2-3-10-19(17)18/h2-3,6-10,12,14,16,21H,4-5,11,13,15H2,1H3/t21-/m1/s1. The monoisotopic (exact) mass is 400 g/mol. The third-order valence-corrected chi connectivity index (χ3v) is 5.89. The molecule has 5 rings (SSSR count). The maximum absolute atomic E-state index is 13.3. The second-order valence-corrected chi connectivity index (χ2v) is 7.85. The van der Waals surface area contributed by atoms with E-state index >= 15 is 0 Å². The molecule has 1 fully saturated rings. The van der Waals surface area contributed by atoms with Crippen molar-refractivity contribution < 1.29 is 4.79 Å². The molecule has 1 atom stereocenters. The molecule has 0 saturated carbocycles. The van der Waals surface area contributed by atoms with Crippen molar-refractivity contribution in [1.82, 2.24) is 29.4 Å². The van der Waals surface area contributed by atoms with E-state index in [1.54, 1.807) is 17.1 Å². The topological polar surface area (TPSA) is 68.8 Å². The number of carbonyl (C=O) groups excluding carboxylic acids is 1. The first-order chi connectivity index (χ1) is 14.7. The lowest BCUT2D eigenvalue weighted by molar-refractivity contribution is 0.0590. The zero-order valence-corrected chi connectivity index (χ0v) is 17.0. The summed E-state index contributed by atoms with van der Waals surface area (Å²) in [4.78, 5) is 19.7. The van der Waals surface area contributed by atoms with Crippen molar-refractivity contribution >= 4 is 16.7 Å². The average molecular weight is 400 g/mol. The third-order valence-electron chi connectivity index (χ3n) is 5.89. The van der Waals surface area contributed by atoms with E-state index in [1.165, 1.54) is 10.8 Å². The van der Waals surface area contributed by atoms with Crippen LogP contribution < -0.4 is 0 Å². The maximum atomic E-state index is 13.3. The number of imidazole rings is 1. The van der Waals surface area contributed by atoms with E-state index in [-0.39, 0.29) is 11.9 Å². The van der Waals surface area contributed by atoms with Crippen LogP contribution in [0.25, 0.3) is 10.8 Å². The highest BCUT2D eigenvalue weighted by atomic mass is 16.2. The summed E-state index contributed by atoms with van der Waals surface area (Å²) in [6.45, 7) is 1.29. The molecule has 7 heteroatoms. The van der Waals surface area contributed by atoms with E-state index in [9.17, 15) is 4.79 Å². The van der Waals surface area contributed by atoms with Crippen LogP contribution in [0, 0.1) is 0 Å². The van der Waals surface area contributed by atoms with Crippen molar-refractivity contribution in [2.24, 2.45) is 7.05 Å². The SMILES string of the molecule is Cn1ccnc1[C@H]1CCCCN1C(=O)c1cn(Cc2cccc3ccccc23)nn1. The first kappa shape index (κ1) is 18.5. The summed E-state index contributed by atoms with van der Waals surface area (Å²) < 4.78 is 3.74. The molecule has 2 aromatic carbocycles. The third kappa shape index (κ3) is 3.36. The minimum Gasteiger partial charge on any atom is -0.336 e. The summed E-state index contributed by atoms with van der Waals surface area (Å²) in [6, 6.07) is 14.5. The van der Waals surface area contributed by atoms with Gasteiger partial charge in [-0.05, 0) is 35.6 Å². The van der Waals surface area contributed by atoms with E-state index < -0.39 is 0 Å². The molecule has 0 N–H and O–H groups in total. The number of rotatable bonds is 4. The Hall–Kier alpha value is -3.48. The van der Waals surface area contributed by atoms with Crippen molar-refractivity contribution in [3.05, 3.63) is 78.1 Å². The molecule has 0 unspecified atom stereocenters. The number of likely N-dealkylation sites (tertiary alicyclic amines) is 1. The van der Waals surface area contributed by atoms with Gasteiger partial charge in [0.1, 0.15) is 5.82 Å². The van der Waals surface area contributed by atoms with Gasteiger partial charge in [0.15, 0.2) is 5.69 Å². The van der Waals surface area contributed by atoms with E-state index in [0.717, 1.165) is 30.7 Å². The van der Waals surface area contributed by atoms with Crippen molar-refractivity contribution in [2.75, 3.05) is 6.54 Å². The smallest absolute Gasteiger partial charge is 0.276 e. The van der Waals surface area contributed by atoms with E-state index in [4.69, 9.17) is 0 Å². The molecule has 4 aromatic rings. The lowest BCUT2D eigenvalue weighted by Gasteiger charge is -2.34. The molecule has 1 amide bonds. The first-order valence-corrected chi connectivity index (χ1v) is 10.4. The highest BCUT2D eigenvalue weighted by molar-refractivity contribution is 5.92. The molecule has 7 nitrogen and oxygen atoms in total. The highest BCUT2D eigenvalue weighted by Gasteiger charge is 2.32. The van der Waals surface area contributed by atoms with Crippen molar-refractivity contribution in [3.63, 3.8) is 0 Å². The highest BCUT2D eigenvalue weighted by Crippen LogP contribution is 2.30. The van der Waals surface area contributed by atoms with Gasteiger partial charge < -0.3 is 9.47 Å². The van der Waals surface area contributed by atoms with Gasteiger partial charge in [0.2, 0.25) is 0 Å². The number of carbonyl (C=O) groups is 1. The van der Waals surface area contributed by atoms with Crippen LogP contribution in [0.15, 0.2) is 61.1 Å². The Morgan fingerprint density at radius 1 is 1.13 bits per heavy atom. The first-order valence-electron chi connectivity index (χ1n) is 10.4. The van der Waals surface area contributed by atoms with Crippen LogP contribution in [0.2, 0.25) is 0 Å². The number of aromatic nitrogens is 5. The quantitative estimate of drug-likeness (QED) is 0.525. The van der Waals surface area contributed by atoms with Crippen LogP contribution in [0.4, 0.5) is 0 Å². The molecule has 0 radical (unpaired) electrons. The van der Waals surface area contributed by atoms with Gasteiger partial charge >= 0.3 is 0 Å². The van der Waals surface area contributed by atoms with Gasteiger partial charge in [-0.25, -0.2) is 9.67 Å². The maximum Gasteiger partial charge on any atom is 0.276 e. The van der Waals surface area contributed by atoms with Crippen LogP contribution in [0.1, 0.15) is 47.2 Å². The second kappa shape index (κ2) is 7.74. The zero-order chi connectivity index (χ0) is 20.5. The number of amides is 1. The lowest BCUT2D eigenvalue weighted by Crippen LogP contribution is -2.39.